The summed E-state index contributed by atoms with van der Waals surface area (Å²) < 4.78 is 5.87. The lowest BCUT2D eigenvalue weighted by Gasteiger charge is -2.47. The Balaban J connectivity index is 1.55. The first-order valence-electron chi connectivity index (χ1n) is 11.1. The van der Waals surface area contributed by atoms with Gasteiger partial charge in [-0.25, -0.2) is 4.98 Å². The zero-order chi connectivity index (χ0) is 20.1. The predicted molar refractivity (Wildman–Crippen MR) is 116 cm³/mol. The van der Waals surface area contributed by atoms with Crippen LogP contribution in [-0.2, 0) is 4.74 Å². The number of aryl methyl sites for hydroxylation is 1. The summed E-state index contributed by atoms with van der Waals surface area (Å²) in [6.07, 6.45) is 6.26. The number of morpholine rings is 1. The van der Waals surface area contributed by atoms with Crippen LogP contribution in [0.5, 0.6) is 0 Å². The van der Waals surface area contributed by atoms with Crippen LogP contribution in [0.1, 0.15) is 65.5 Å². The molecule has 156 valence electrons. The zero-order valence-corrected chi connectivity index (χ0v) is 18.3. The Labute approximate surface area is 170 Å². The minimum Gasteiger partial charge on any atom is -0.378 e. The molecule has 5 rings (SSSR count). The third-order valence-electron chi connectivity index (χ3n) is 7.39. The molecule has 3 saturated carbocycles. The first-order valence-corrected chi connectivity index (χ1v) is 11.1. The molecule has 0 spiro atoms. The maximum atomic E-state index is 6.73. The molecule has 5 heteroatoms. The zero-order valence-electron chi connectivity index (χ0n) is 18.3. The van der Waals surface area contributed by atoms with Gasteiger partial charge in [0.25, 0.3) is 0 Å². The lowest BCUT2D eigenvalue weighted by Crippen LogP contribution is -2.53. The smallest absolute Gasteiger partial charge is 0.129 e. The van der Waals surface area contributed by atoms with Crippen LogP contribution in [0.2, 0.25) is 0 Å². The number of pyridine rings is 1. The van der Waals surface area contributed by atoms with E-state index >= 15 is 0 Å². The van der Waals surface area contributed by atoms with Crippen LogP contribution < -0.4 is 16.0 Å². The Morgan fingerprint density at radius 2 is 1.79 bits per heavy atom. The number of anilines is 2. The van der Waals surface area contributed by atoms with Crippen molar-refractivity contribution < 1.29 is 4.74 Å². The summed E-state index contributed by atoms with van der Waals surface area (Å²) in [5.41, 5.74) is 9.19. The molecule has 6 atom stereocenters. The van der Waals surface area contributed by atoms with E-state index in [0.717, 1.165) is 50.3 Å². The van der Waals surface area contributed by atoms with Gasteiger partial charge in [0, 0.05) is 24.2 Å². The second-order valence-corrected chi connectivity index (χ2v) is 10.2. The van der Waals surface area contributed by atoms with E-state index in [-0.39, 0.29) is 23.3 Å². The van der Waals surface area contributed by atoms with Crippen molar-refractivity contribution in [3.8, 4) is 0 Å². The van der Waals surface area contributed by atoms with Gasteiger partial charge in [-0.05, 0) is 76.8 Å². The van der Waals surface area contributed by atoms with Crippen LogP contribution in [-0.4, -0.2) is 41.4 Å². The lowest BCUT2D eigenvalue weighted by molar-refractivity contribution is -0.00546. The van der Waals surface area contributed by atoms with Crippen molar-refractivity contribution in [1.29, 1.82) is 0 Å². The topological polar surface area (TPSA) is 63.4 Å². The Morgan fingerprint density at radius 1 is 1.07 bits per heavy atom. The largest absolute Gasteiger partial charge is 0.378 e. The van der Waals surface area contributed by atoms with Gasteiger partial charge in [0.05, 0.1) is 23.6 Å². The molecular weight excluding hydrogens is 348 g/mol. The number of rotatable bonds is 3. The van der Waals surface area contributed by atoms with Gasteiger partial charge >= 0.3 is 0 Å². The average Bonchev–Trinajstić information content (AvgIpc) is 2.77. The minimum absolute atomic E-state index is 0.0430. The molecule has 4 fully saturated rings. The molecule has 5 nitrogen and oxygen atoms in total. The second-order valence-electron chi connectivity index (χ2n) is 10.2. The lowest BCUT2D eigenvalue weighted by atomic mass is 9.68. The molecule has 6 unspecified atom stereocenters. The number of nitrogens with two attached hydrogens (primary N) is 1. The average molecular weight is 387 g/mol. The number of hydrogen-bond donors (Lipinski definition) is 2. The summed E-state index contributed by atoms with van der Waals surface area (Å²) in [7, 11) is 0. The Bertz CT molecular complexity index is 715. The number of aromatic nitrogens is 1. The van der Waals surface area contributed by atoms with E-state index in [1.54, 1.807) is 0 Å². The fourth-order valence-electron chi connectivity index (χ4n) is 6.23. The van der Waals surface area contributed by atoms with E-state index in [1.165, 1.54) is 12.1 Å². The van der Waals surface area contributed by atoms with Gasteiger partial charge in [0.2, 0.25) is 0 Å². The van der Waals surface area contributed by atoms with E-state index in [2.05, 4.69) is 57.0 Å². The molecule has 1 aromatic rings. The molecule has 28 heavy (non-hydrogen) atoms. The van der Waals surface area contributed by atoms with Gasteiger partial charge in [-0.15, -0.1) is 0 Å². The Hall–Kier alpha value is -1.33. The number of nitrogens with zero attached hydrogens (tertiary/aromatic N) is 2. The van der Waals surface area contributed by atoms with Crippen LogP contribution in [0.3, 0.4) is 0 Å². The van der Waals surface area contributed by atoms with Gasteiger partial charge in [-0.3, -0.25) is 0 Å². The van der Waals surface area contributed by atoms with Crippen LogP contribution in [0.15, 0.2) is 12.1 Å². The first-order chi connectivity index (χ1) is 13.2. The van der Waals surface area contributed by atoms with Gasteiger partial charge in [0.15, 0.2) is 0 Å². The van der Waals surface area contributed by atoms with Crippen molar-refractivity contribution in [2.24, 2.45) is 17.6 Å². The highest BCUT2D eigenvalue weighted by molar-refractivity contribution is 5.55. The van der Waals surface area contributed by atoms with Crippen molar-refractivity contribution >= 4 is 11.5 Å². The van der Waals surface area contributed by atoms with Gasteiger partial charge in [-0.2, -0.15) is 0 Å². The minimum atomic E-state index is 0.0430. The third-order valence-corrected chi connectivity index (χ3v) is 7.39. The second kappa shape index (κ2) is 7.17. The Kier molecular flexibility index (Phi) is 5.11. The highest BCUT2D eigenvalue weighted by atomic mass is 16.5. The standard InChI is InChI=1S/C23H38N4O/c1-15-10-22(24)8-9-23(11-15,16(2)12-22)26-20-6-7-21(25-19(20)5)27-13-17(3)28-18(4)14-27/h6-7,15-18,26H,8-14,24H2,1-5H3. The predicted octanol–water partition coefficient (Wildman–Crippen LogP) is 4.10. The highest BCUT2D eigenvalue weighted by Gasteiger charge is 2.50. The highest BCUT2D eigenvalue weighted by Crippen LogP contribution is 2.50. The molecule has 2 bridgehead atoms. The SMILES string of the molecule is Cc1nc(N2CC(C)OC(C)C2)ccc1NC12CCC(N)(CC(C)C1)CC2C. The van der Waals surface area contributed by atoms with E-state index < -0.39 is 0 Å². The number of fused-ring (bicyclic) bond motifs is 4. The molecule has 1 aromatic heterocycles. The summed E-state index contributed by atoms with van der Waals surface area (Å²) in [4.78, 5) is 7.33. The normalized spacial score (nSPS) is 41.0. The van der Waals surface area contributed by atoms with Crippen molar-refractivity contribution in [3.63, 3.8) is 0 Å². The maximum absolute atomic E-state index is 6.73. The molecule has 1 saturated heterocycles. The quantitative estimate of drug-likeness (QED) is 0.819. The van der Waals surface area contributed by atoms with Crippen molar-refractivity contribution in [3.05, 3.63) is 17.8 Å². The van der Waals surface area contributed by atoms with Crippen molar-refractivity contribution in [1.82, 2.24) is 4.98 Å². The van der Waals surface area contributed by atoms with Gasteiger partial charge < -0.3 is 20.7 Å². The summed E-state index contributed by atoms with van der Waals surface area (Å²) in [6.45, 7) is 13.0. The van der Waals surface area contributed by atoms with E-state index in [0.29, 0.717) is 11.8 Å². The third kappa shape index (κ3) is 3.76. The van der Waals surface area contributed by atoms with Gasteiger partial charge in [-0.1, -0.05) is 13.8 Å². The van der Waals surface area contributed by atoms with Crippen LogP contribution in [0.4, 0.5) is 11.5 Å². The Morgan fingerprint density at radius 3 is 2.43 bits per heavy atom. The summed E-state index contributed by atoms with van der Waals surface area (Å²) in [5, 5.41) is 3.97. The van der Waals surface area contributed by atoms with E-state index in [1.807, 2.05) is 0 Å². The van der Waals surface area contributed by atoms with Crippen LogP contribution in [0, 0.1) is 18.8 Å². The molecule has 2 heterocycles. The molecule has 0 radical (unpaired) electrons. The summed E-state index contributed by atoms with van der Waals surface area (Å²) >= 11 is 0. The molecule has 4 aliphatic rings. The molecule has 3 aliphatic carbocycles. The number of nitrogens with one attached hydrogen (secondary N) is 1. The maximum Gasteiger partial charge on any atom is 0.129 e. The monoisotopic (exact) mass is 386 g/mol. The molecule has 3 N–H and O–H groups in total. The first kappa shape index (κ1) is 20.0. The molecule has 0 amide bonds. The van der Waals surface area contributed by atoms with Crippen molar-refractivity contribution in [2.45, 2.75) is 90.0 Å². The summed E-state index contributed by atoms with van der Waals surface area (Å²) in [6, 6.07) is 4.42. The van der Waals surface area contributed by atoms with Crippen LogP contribution in [0.25, 0.3) is 0 Å². The molecule has 0 aromatic carbocycles. The van der Waals surface area contributed by atoms with Crippen molar-refractivity contribution in [2.75, 3.05) is 23.3 Å². The summed E-state index contributed by atoms with van der Waals surface area (Å²) in [5.74, 6) is 2.31. The number of ether oxygens (including phenoxy) is 1. The molecule has 1 aliphatic heterocycles. The van der Waals surface area contributed by atoms with E-state index in [9.17, 15) is 0 Å². The van der Waals surface area contributed by atoms with Crippen LogP contribution >= 0.6 is 0 Å². The van der Waals surface area contributed by atoms with E-state index in [4.69, 9.17) is 15.5 Å². The molecular formula is C23H38N4O. The fraction of sp³-hybridized carbons (Fsp3) is 0.783. The van der Waals surface area contributed by atoms with Gasteiger partial charge in [0.1, 0.15) is 5.82 Å². The number of hydrogen-bond acceptors (Lipinski definition) is 5. The fourth-order valence-corrected chi connectivity index (χ4v) is 6.23.